The SMILES string of the molecule is Cc1nsc(NC(=O)Cc2ccc(C(N)=S)cc2)n1. The average molecular weight is 292 g/mol. The monoisotopic (exact) mass is 292 g/mol. The Morgan fingerprint density at radius 3 is 2.63 bits per heavy atom. The number of rotatable bonds is 4. The second kappa shape index (κ2) is 5.85. The molecule has 0 saturated carbocycles. The molecule has 0 saturated heterocycles. The quantitative estimate of drug-likeness (QED) is 0.838. The maximum Gasteiger partial charge on any atom is 0.230 e. The number of carbonyl (C=O) groups excluding carboxylic acids is 1. The van der Waals surface area contributed by atoms with E-state index in [0.29, 0.717) is 15.9 Å². The van der Waals surface area contributed by atoms with Gasteiger partial charge >= 0.3 is 0 Å². The molecule has 0 aliphatic carbocycles. The van der Waals surface area contributed by atoms with Crippen molar-refractivity contribution in [2.45, 2.75) is 13.3 Å². The maximum atomic E-state index is 11.8. The molecular formula is C12H12N4OS2. The predicted molar refractivity (Wildman–Crippen MR) is 79.3 cm³/mol. The molecule has 7 heteroatoms. The van der Waals surface area contributed by atoms with Gasteiger partial charge in [0.15, 0.2) is 0 Å². The number of hydrogen-bond acceptors (Lipinski definition) is 5. The number of nitrogens with one attached hydrogen (secondary N) is 1. The average Bonchev–Trinajstić information content (AvgIpc) is 2.75. The molecule has 2 rings (SSSR count). The van der Waals surface area contributed by atoms with E-state index < -0.39 is 0 Å². The van der Waals surface area contributed by atoms with Gasteiger partial charge in [-0.1, -0.05) is 36.5 Å². The van der Waals surface area contributed by atoms with Crippen LogP contribution in [0, 0.1) is 6.92 Å². The van der Waals surface area contributed by atoms with Gasteiger partial charge in [0.1, 0.15) is 10.8 Å². The summed E-state index contributed by atoms with van der Waals surface area (Å²) in [5.41, 5.74) is 7.19. The summed E-state index contributed by atoms with van der Waals surface area (Å²) >= 11 is 6.03. The molecule has 98 valence electrons. The summed E-state index contributed by atoms with van der Waals surface area (Å²) in [6, 6.07) is 7.28. The molecule has 0 spiro atoms. The molecule has 1 amide bonds. The Morgan fingerprint density at radius 2 is 2.11 bits per heavy atom. The Hall–Kier alpha value is -1.86. The molecule has 0 aliphatic rings. The standard InChI is InChI=1S/C12H12N4OS2/c1-7-14-12(19-16-7)15-10(17)6-8-2-4-9(5-3-8)11(13)18/h2-5H,6H2,1H3,(H2,13,18)(H,14,15,16,17). The minimum atomic E-state index is -0.126. The van der Waals surface area contributed by atoms with Gasteiger partial charge in [-0.15, -0.1) is 0 Å². The number of aryl methyl sites for hydroxylation is 1. The first-order valence-electron chi connectivity index (χ1n) is 5.53. The number of nitrogens with zero attached hydrogens (tertiary/aromatic N) is 2. The van der Waals surface area contributed by atoms with E-state index in [2.05, 4.69) is 14.7 Å². The van der Waals surface area contributed by atoms with Crippen LogP contribution in [-0.4, -0.2) is 20.3 Å². The van der Waals surface area contributed by atoms with Crippen LogP contribution in [0.1, 0.15) is 17.0 Å². The summed E-state index contributed by atoms with van der Waals surface area (Å²) in [6.07, 6.45) is 0.274. The minimum Gasteiger partial charge on any atom is -0.389 e. The number of benzene rings is 1. The summed E-state index contributed by atoms with van der Waals surface area (Å²) in [5.74, 6) is 0.528. The zero-order valence-electron chi connectivity index (χ0n) is 10.2. The highest BCUT2D eigenvalue weighted by atomic mass is 32.1. The lowest BCUT2D eigenvalue weighted by Crippen LogP contribution is -2.14. The maximum absolute atomic E-state index is 11.8. The van der Waals surface area contributed by atoms with Crippen molar-refractivity contribution in [2.24, 2.45) is 5.73 Å². The highest BCUT2D eigenvalue weighted by Gasteiger charge is 2.07. The Balaban J connectivity index is 1.97. The van der Waals surface area contributed by atoms with E-state index in [4.69, 9.17) is 18.0 Å². The number of thiocarbonyl (C=S) groups is 1. The van der Waals surface area contributed by atoms with E-state index >= 15 is 0 Å². The van der Waals surface area contributed by atoms with Gasteiger partial charge in [0.2, 0.25) is 11.0 Å². The zero-order chi connectivity index (χ0) is 13.8. The first-order valence-corrected chi connectivity index (χ1v) is 6.71. The number of carbonyl (C=O) groups is 1. The summed E-state index contributed by atoms with van der Waals surface area (Å²) in [6.45, 7) is 1.78. The molecule has 0 bridgehead atoms. The van der Waals surface area contributed by atoms with Crippen LogP contribution in [0.3, 0.4) is 0 Å². The molecule has 0 aliphatic heterocycles. The van der Waals surface area contributed by atoms with Crippen molar-refractivity contribution in [2.75, 3.05) is 5.32 Å². The van der Waals surface area contributed by atoms with Gasteiger partial charge in [0, 0.05) is 17.1 Å². The van der Waals surface area contributed by atoms with Gasteiger partial charge in [-0.2, -0.15) is 4.37 Å². The van der Waals surface area contributed by atoms with Gasteiger partial charge in [0.25, 0.3) is 0 Å². The van der Waals surface area contributed by atoms with E-state index in [9.17, 15) is 4.79 Å². The van der Waals surface area contributed by atoms with E-state index in [1.165, 1.54) is 11.5 Å². The minimum absolute atomic E-state index is 0.126. The molecule has 3 N–H and O–H groups in total. The largest absolute Gasteiger partial charge is 0.389 e. The first-order chi connectivity index (χ1) is 9.04. The second-order valence-corrected chi connectivity index (χ2v) is 5.12. The summed E-state index contributed by atoms with van der Waals surface area (Å²) in [5, 5.41) is 3.22. The van der Waals surface area contributed by atoms with E-state index in [1.54, 1.807) is 19.1 Å². The van der Waals surface area contributed by atoms with Crippen molar-refractivity contribution in [1.29, 1.82) is 0 Å². The van der Waals surface area contributed by atoms with Crippen LogP contribution < -0.4 is 11.1 Å². The lowest BCUT2D eigenvalue weighted by molar-refractivity contribution is -0.115. The van der Waals surface area contributed by atoms with Gasteiger partial charge in [-0.3, -0.25) is 4.79 Å². The number of nitrogens with two attached hydrogens (primary N) is 1. The van der Waals surface area contributed by atoms with Gasteiger partial charge in [-0.05, 0) is 12.5 Å². The van der Waals surface area contributed by atoms with E-state index in [-0.39, 0.29) is 12.3 Å². The summed E-state index contributed by atoms with van der Waals surface area (Å²) in [4.78, 5) is 16.2. The molecule has 0 fully saturated rings. The second-order valence-electron chi connectivity index (χ2n) is 3.93. The van der Waals surface area contributed by atoms with Crippen molar-refractivity contribution >= 4 is 39.8 Å². The van der Waals surface area contributed by atoms with Crippen molar-refractivity contribution in [1.82, 2.24) is 9.36 Å². The van der Waals surface area contributed by atoms with E-state index in [0.717, 1.165) is 11.1 Å². The molecule has 1 aromatic carbocycles. The van der Waals surface area contributed by atoms with E-state index in [1.807, 2.05) is 12.1 Å². The molecular weight excluding hydrogens is 280 g/mol. The number of amides is 1. The van der Waals surface area contributed by atoms with Gasteiger partial charge in [0.05, 0.1) is 6.42 Å². The number of hydrogen-bond donors (Lipinski definition) is 2. The number of anilines is 1. The zero-order valence-corrected chi connectivity index (χ0v) is 11.8. The van der Waals surface area contributed by atoms with Crippen molar-refractivity contribution < 1.29 is 4.79 Å². The molecule has 2 aromatic rings. The van der Waals surface area contributed by atoms with Crippen molar-refractivity contribution in [3.8, 4) is 0 Å². The van der Waals surface area contributed by atoms with Gasteiger partial charge < -0.3 is 11.1 Å². The van der Waals surface area contributed by atoms with Crippen molar-refractivity contribution in [3.63, 3.8) is 0 Å². The van der Waals surface area contributed by atoms with Crippen molar-refractivity contribution in [3.05, 3.63) is 41.2 Å². The summed E-state index contributed by atoms with van der Waals surface area (Å²) in [7, 11) is 0. The third-order valence-electron chi connectivity index (χ3n) is 2.38. The fourth-order valence-corrected chi connectivity index (χ4v) is 2.21. The lowest BCUT2D eigenvalue weighted by Gasteiger charge is -2.03. The third kappa shape index (κ3) is 3.80. The molecule has 19 heavy (non-hydrogen) atoms. The predicted octanol–water partition coefficient (Wildman–Crippen LogP) is 1.66. The smallest absolute Gasteiger partial charge is 0.230 e. The Bertz CT molecular complexity index is 606. The highest BCUT2D eigenvalue weighted by molar-refractivity contribution is 7.80. The van der Waals surface area contributed by atoms with Gasteiger partial charge in [-0.25, -0.2) is 4.98 Å². The molecule has 0 unspecified atom stereocenters. The molecule has 1 aromatic heterocycles. The molecule has 5 nitrogen and oxygen atoms in total. The molecule has 0 atom stereocenters. The molecule has 1 heterocycles. The van der Waals surface area contributed by atoms with Crippen LogP contribution in [0.2, 0.25) is 0 Å². The fourth-order valence-electron chi connectivity index (χ4n) is 1.48. The van der Waals surface area contributed by atoms with Crippen LogP contribution in [0.5, 0.6) is 0 Å². The Labute approximate surface area is 120 Å². The Kier molecular flexibility index (Phi) is 4.18. The van der Waals surface area contributed by atoms with Crippen LogP contribution in [0.4, 0.5) is 5.13 Å². The highest BCUT2D eigenvalue weighted by Crippen LogP contribution is 2.11. The third-order valence-corrected chi connectivity index (χ3v) is 3.33. The van der Waals surface area contributed by atoms with Crippen LogP contribution >= 0.6 is 23.8 Å². The normalized spacial score (nSPS) is 10.2. The Morgan fingerprint density at radius 1 is 1.42 bits per heavy atom. The van der Waals surface area contributed by atoms with Crippen LogP contribution in [-0.2, 0) is 11.2 Å². The van der Waals surface area contributed by atoms with Crippen LogP contribution in [0.25, 0.3) is 0 Å². The van der Waals surface area contributed by atoms with Crippen LogP contribution in [0.15, 0.2) is 24.3 Å². The fraction of sp³-hybridized carbons (Fsp3) is 0.167. The number of aromatic nitrogens is 2. The lowest BCUT2D eigenvalue weighted by atomic mass is 10.1. The topological polar surface area (TPSA) is 80.9 Å². The molecule has 0 radical (unpaired) electrons. The first kappa shape index (κ1) is 13.6. The summed E-state index contributed by atoms with van der Waals surface area (Å²) < 4.78 is 4.00.